The first-order valence-electron chi connectivity index (χ1n) is 6.02. The molecule has 0 radical (unpaired) electrons. The molecular weight excluding hydrogens is 230 g/mol. The van der Waals surface area contributed by atoms with Crippen molar-refractivity contribution in [2.24, 2.45) is 0 Å². The molecule has 0 spiro atoms. The van der Waals surface area contributed by atoms with Crippen LogP contribution in [-0.4, -0.2) is 32.7 Å². The Morgan fingerprint density at radius 3 is 3.06 bits per heavy atom. The van der Waals surface area contributed by atoms with Gasteiger partial charge in [0.25, 0.3) is 5.78 Å². The molecule has 2 N–H and O–H groups in total. The lowest BCUT2D eigenvalue weighted by molar-refractivity contribution is 0.415. The molecule has 2 heterocycles. The predicted molar refractivity (Wildman–Crippen MR) is 68.0 cm³/mol. The molecule has 3 aromatic rings. The van der Waals surface area contributed by atoms with Crippen LogP contribution >= 0.6 is 0 Å². The van der Waals surface area contributed by atoms with E-state index in [2.05, 4.69) is 20.4 Å². The zero-order valence-corrected chi connectivity index (χ0v) is 9.97. The monoisotopic (exact) mass is 243 g/mol. The number of aromatic nitrogens is 4. The number of ether oxygens (including phenoxy) is 1. The summed E-state index contributed by atoms with van der Waals surface area (Å²) in [5.74, 6) is 2.28. The van der Waals surface area contributed by atoms with Gasteiger partial charge in [0.15, 0.2) is 0 Å². The summed E-state index contributed by atoms with van der Waals surface area (Å²) in [5, 5.41) is 6.54. The highest BCUT2D eigenvalue weighted by Crippen LogP contribution is 2.25. The Morgan fingerprint density at radius 2 is 2.28 bits per heavy atom. The second-order valence-corrected chi connectivity index (χ2v) is 4.59. The van der Waals surface area contributed by atoms with E-state index in [1.165, 1.54) is 12.8 Å². The first-order chi connectivity index (χ1) is 8.83. The highest BCUT2D eigenvalue weighted by molar-refractivity contribution is 5.80. The quantitative estimate of drug-likeness (QED) is 0.736. The highest BCUT2D eigenvalue weighted by atomic mass is 16.5. The van der Waals surface area contributed by atoms with Crippen molar-refractivity contribution in [3.05, 3.63) is 18.2 Å². The molecule has 4 rings (SSSR count). The topological polar surface area (TPSA) is 67.2 Å². The molecule has 18 heavy (non-hydrogen) atoms. The zero-order chi connectivity index (χ0) is 12.1. The first-order valence-corrected chi connectivity index (χ1v) is 6.02. The van der Waals surface area contributed by atoms with E-state index in [4.69, 9.17) is 4.74 Å². The maximum absolute atomic E-state index is 5.19. The molecule has 0 unspecified atom stereocenters. The second-order valence-electron chi connectivity index (χ2n) is 4.59. The van der Waals surface area contributed by atoms with Crippen molar-refractivity contribution in [2.45, 2.75) is 18.9 Å². The molecule has 1 aromatic carbocycles. The molecule has 1 aliphatic carbocycles. The van der Waals surface area contributed by atoms with Gasteiger partial charge in [-0.15, -0.1) is 0 Å². The summed E-state index contributed by atoms with van der Waals surface area (Å²) >= 11 is 0. The van der Waals surface area contributed by atoms with Crippen LogP contribution in [0.5, 0.6) is 5.75 Å². The number of H-pyrrole nitrogens is 1. The van der Waals surface area contributed by atoms with Gasteiger partial charge in [0.05, 0.1) is 18.1 Å². The fraction of sp³-hybridized carbons (Fsp3) is 0.333. The van der Waals surface area contributed by atoms with Gasteiger partial charge in [-0.25, -0.2) is 9.50 Å². The molecule has 2 aromatic heterocycles. The molecule has 0 amide bonds. The van der Waals surface area contributed by atoms with E-state index in [-0.39, 0.29) is 0 Å². The smallest absolute Gasteiger partial charge is 0.253 e. The lowest BCUT2D eigenvalue weighted by Gasteiger charge is -1.99. The summed E-state index contributed by atoms with van der Waals surface area (Å²) in [6.45, 7) is 0. The van der Waals surface area contributed by atoms with Gasteiger partial charge in [-0.05, 0) is 25.0 Å². The van der Waals surface area contributed by atoms with Gasteiger partial charge in [-0.2, -0.15) is 4.98 Å². The summed E-state index contributed by atoms with van der Waals surface area (Å²) in [6, 6.07) is 6.39. The van der Waals surface area contributed by atoms with Crippen LogP contribution in [0.1, 0.15) is 12.8 Å². The minimum Gasteiger partial charge on any atom is -0.497 e. The maximum Gasteiger partial charge on any atom is 0.253 e. The molecule has 6 heteroatoms. The molecule has 0 aliphatic heterocycles. The van der Waals surface area contributed by atoms with Crippen LogP contribution in [0, 0.1) is 0 Å². The number of anilines is 1. The Balaban J connectivity index is 1.84. The van der Waals surface area contributed by atoms with Crippen molar-refractivity contribution in [3.63, 3.8) is 0 Å². The molecular formula is C12H13N5O. The van der Waals surface area contributed by atoms with Crippen molar-refractivity contribution in [2.75, 3.05) is 12.4 Å². The molecule has 0 atom stereocenters. The molecule has 6 nitrogen and oxygen atoms in total. The molecule has 1 fully saturated rings. The van der Waals surface area contributed by atoms with Gasteiger partial charge in [0, 0.05) is 12.1 Å². The Morgan fingerprint density at radius 1 is 1.39 bits per heavy atom. The SMILES string of the molecule is COc1ccc2c(c1)nc1nc(NC3CC3)[nH]n12. The fourth-order valence-corrected chi connectivity index (χ4v) is 2.08. The van der Waals surface area contributed by atoms with Gasteiger partial charge in [0.2, 0.25) is 5.95 Å². The van der Waals surface area contributed by atoms with Gasteiger partial charge < -0.3 is 10.1 Å². The van der Waals surface area contributed by atoms with Crippen LogP contribution in [0.25, 0.3) is 16.8 Å². The number of imidazole rings is 1. The molecule has 1 saturated carbocycles. The van der Waals surface area contributed by atoms with Gasteiger partial charge in [-0.1, -0.05) is 0 Å². The molecule has 0 bridgehead atoms. The molecule has 1 aliphatic rings. The number of rotatable bonds is 3. The highest BCUT2D eigenvalue weighted by Gasteiger charge is 2.22. The third kappa shape index (κ3) is 1.42. The average Bonchev–Trinajstić information content (AvgIpc) is 3.00. The normalized spacial score (nSPS) is 15.4. The van der Waals surface area contributed by atoms with Crippen molar-refractivity contribution in [3.8, 4) is 5.75 Å². The summed E-state index contributed by atoms with van der Waals surface area (Å²) in [7, 11) is 1.65. The fourth-order valence-electron chi connectivity index (χ4n) is 2.08. The van der Waals surface area contributed by atoms with Crippen LogP contribution in [-0.2, 0) is 0 Å². The summed E-state index contributed by atoms with van der Waals surface area (Å²) in [4.78, 5) is 8.90. The largest absolute Gasteiger partial charge is 0.497 e. The zero-order valence-electron chi connectivity index (χ0n) is 9.97. The number of fused-ring (bicyclic) bond motifs is 3. The van der Waals surface area contributed by atoms with Gasteiger partial charge in [-0.3, -0.25) is 5.10 Å². The summed E-state index contributed by atoms with van der Waals surface area (Å²) in [5.41, 5.74) is 1.88. The van der Waals surface area contributed by atoms with E-state index in [1.807, 2.05) is 22.7 Å². The third-order valence-corrected chi connectivity index (χ3v) is 3.19. The van der Waals surface area contributed by atoms with Crippen LogP contribution in [0.15, 0.2) is 18.2 Å². The number of benzene rings is 1. The van der Waals surface area contributed by atoms with E-state index in [1.54, 1.807) is 7.11 Å². The van der Waals surface area contributed by atoms with E-state index < -0.39 is 0 Å². The number of hydrogen-bond donors (Lipinski definition) is 2. The van der Waals surface area contributed by atoms with Crippen LogP contribution in [0.4, 0.5) is 5.95 Å². The van der Waals surface area contributed by atoms with E-state index in [9.17, 15) is 0 Å². The predicted octanol–water partition coefficient (Wildman–Crippen LogP) is 1.79. The van der Waals surface area contributed by atoms with Gasteiger partial charge in [0.1, 0.15) is 5.75 Å². The lowest BCUT2D eigenvalue weighted by Crippen LogP contribution is -2.02. The maximum atomic E-state index is 5.19. The number of nitrogens with zero attached hydrogens (tertiary/aromatic N) is 3. The molecule has 0 saturated heterocycles. The van der Waals surface area contributed by atoms with Crippen molar-refractivity contribution >= 4 is 22.8 Å². The summed E-state index contributed by atoms with van der Waals surface area (Å²) < 4.78 is 7.08. The minimum atomic E-state index is 0.576. The van der Waals surface area contributed by atoms with Crippen molar-refractivity contribution in [1.82, 2.24) is 19.6 Å². The lowest BCUT2D eigenvalue weighted by atomic mass is 10.3. The second kappa shape index (κ2) is 3.38. The van der Waals surface area contributed by atoms with Crippen molar-refractivity contribution in [1.29, 1.82) is 0 Å². The van der Waals surface area contributed by atoms with Crippen molar-refractivity contribution < 1.29 is 4.74 Å². The van der Waals surface area contributed by atoms with Crippen LogP contribution in [0.3, 0.4) is 0 Å². The van der Waals surface area contributed by atoms with Crippen LogP contribution in [0.2, 0.25) is 0 Å². The molecule has 92 valence electrons. The Kier molecular flexibility index (Phi) is 1.83. The standard InChI is InChI=1S/C12H13N5O/c1-18-8-4-5-10-9(6-8)14-12-15-11(16-17(10)12)13-7-2-3-7/h4-7H,2-3H2,1H3,(H2,13,14,15,16). The third-order valence-electron chi connectivity index (χ3n) is 3.19. The number of methoxy groups -OCH3 is 1. The van der Waals surface area contributed by atoms with E-state index in [0.717, 1.165) is 22.7 Å². The number of nitrogens with one attached hydrogen (secondary N) is 2. The van der Waals surface area contributed by atoms with Gasteiger partial charge >= 0.3 is 0 Å². The minimum absolute atomic E-state index is 0.576. The Hall–Kier alpha value is -2.24. The van der Waals surface area contributed by atoms with E-state index in [0.29, 0.717) is 11.8 Å². The van der Waals surface area contributed by atoms with E-state index >= 15 is 0 Å². The number of aromatic amines is 1. The Bertz CT molecular complexity index is 725. The first kappa shape index (κ1) is 9.76. The summed E-state index contributed by atoms with van der Waals surface area (Å²) in [6.07, 6.45) is 2.45. The number of hydrogen-bond acceptors (Lipinski definition) is 4. The van der Waals surface area contributed by atoms with Crippen LogP contribution < -0.4 is 10.1 Å². The Labute approximate surface area is 103 Å². The average molecular weight is 243 g/mol.